The molecule has 0 N–H and O–H groups in total. The molecule has 2 heteroatoms. The van der Waals surface area contributed by atoms with E-state index in [1.807, 2.05) is 0 Å². The monoisotopic (exact) mass is 236 g/mol. The molecule has 0 saturated carbocycles. The van der Waals surface area contributed by atoms with Gasteiger partial charge < -0.3 is 4.43 Å². The predicted molar refractivity (Wildman–Crippen MR) is 73.7 cm³/mol. The summed E-state index contributed by atoms with van der Waals surface area (Å²) in [6.45, 7) is 11.2. The first-order valence-electron chi connectivity index (χ1n) is 5.89. The van der Waals surface area contributed by atoms with E-state index in [0.717, 1.165) is 10.5 Å². The molecule has 16 heavy (non-hydrogen) atoms. The Kier molecular flexibility index (Phi) is 3.97. The molecule has 0 spiro atoms. The Balaban J connectivity index is 3.18. The van der Waals surface area contributed by atoms with Crippen LogP contribution >= 0.6 is 0 Å². The van der Waals surface area contributed by atoms with E-state index < -0.39 is 0 Å². The largest absolute Gasteiger partial charge is 0.422 e. The summed E-state index contributed by atoms with van der Waals surface area (Å²) in [6, 6.07) is 10.7. The van der Waals surface area contributed by atoms with Gasteiger partial charge in [-0.1, -0.05) is 51.1 Å². The minimum Gasteiger partial charge on any atom is -0.422 e. The first kappa shape index (κ1) is 13.5. The van der Waals surface area contributed by atoms with E-state index in [1.165, 1.54) is 5.56 Å². The van der Waals surface area contributed by atoms with Crippen LogP contribution in [-0.4, -0.2) is 16.1 Å². The number of hydrogen-bond acceptors (Lipinski definition) is 1. The molecule has 0 aliphatic carbocycles. The molecule has 1 rings (SSSR count). The Hall–Kier alpha value is -0.603. The van der Waals surface area contributed by atoms with Crippen molar-refractivity contribution < 1.29 is 4.43 Å². The van der Waals surface area contributed by atoms with Crippen molar-refractivity contribution in [3.63, 3.8) is 0 Å². The van der Waals surface area contributed by atoms with Crippen molar-refractivity contribution in [3.8, 4) is 0 Å². The van der Waals surface area contributed by atoms with Gasteiger partial charge in [-0.25, -0.2) is 0 Å². The zero-order valence-electron chi connectivity index (χ0n) is 11.4. The maximum Gasteiger partial charge on any atom is 0.146 e. The van der Waals surface area contributed by atoms with Gasteiger partial charge in [0.15, 0.2) is 0 Å². The molecule has 0 aliphatic heterocycles. The highest BCUT2D eigenvalue weighted by Gasteiger charge is 2.38. The average Bonchev–Trinajstić information content (AvgIpc) is 2.17. The van der Waals surface area contributed by atoms with Gasteiger partial charge in [-0.3, -0.25) is 0 Å². The fourth-order valence-corrected chi connectivity index (χ4v) is 2.94. The molecule has 1 aromatic carbocycles. The van der Waals surface area contributed by atoms with Crippen molar-refractivity contribution in [2.24, 2.45) is 5.41 Å². The summed E-state index contributed by atoms with van der Waals surface area (Å²) in [4.78, 5) is 0. The third-order valence-electron chi connectivity index (χ3n) is 3.22. The van der Waals surface area contributed by atoms with E-state index in [-0.39, 0.29) is 11.0 Å². The van der Waals surface area contributed by atoms with E-state index in [2.05, 4.69) is 65.0 Å². The molecule has 1 unspecified atom stereocenters. The van der Waals surface area contributed by atoms with E-state index in [4.69, 9.17) is 4.43 Å². The van der Waals surface area contributed by atoms with Gasteiger partial charge in [-0.05, 0) is 24.8 Å². The topological polar surface area (TPSA) is 9.23 Å². The van der Waals surface area contributed by atoms with Crippen LogP contribution < -0.4 is 0 Å². The second kappa shape index (κ2) is 4.72. The van der Waals surface area contributed by atoms with Crippen LogP contribution in [0, 0.1) is 5.41 Å². The first-order chi connectivity index (χ1) is 7.29. The number of benzene rings is 1. The van der Waals surface area contributed by atoms with E-state index in [0.29, 0.717) is 5.92 Å². The third-order valence-corrected chi connectivity index (χ3v) is 4.27. The molecular weight excluding hydrogens is 212 g/mol. The minimum atomic E-state index is -0.0914. The quantitative estimate of drug-likeness (QED) is 0.733. The number of hydrogen-bond donors (Lipinski definition) is 0. The van der Waals surface area contributed by atoms with E-state index in [9.17, 15) is 0 Å². The van der Waals surface area contributed by atoms with Crippen LogP contribution in [0.5, 0.6) is 0 Å². The lowest BCUT2D eigenvalue weighted by molar-refractivity contribution is 0.0404. The van der Waals surface area contributed by atoms with Gasteiger partial charge in [0, 0.05) is 5.92 Å². The fraction of sp³-hybridized carbons (Fsp3) is 0.571. The smallest absolute Gasteiger partial charge is 0.146 e. The molecule has 1 nitrogen and oxygen atoms in total. The van der Waals surface area contributed by atoms with E-state index in [1.54, 1.807) is 0 Å². The van der Waals surface area contributed by atoms with Crippen molar-refractivity contribution >= 4 is 10.5 Å². The maximum absolute atomic E-state index is 5.82. The minimum absolute atomic E-state index is 0.0914. The van der Waals surface area contributed by atoms with E-state index >= 15 is 0 Å². The summed E-state index contributed by atoms with van der Waals surface area (Å²) in [7, 11) is 0.780. The molecule has 0 aromatic heterocycles. The van der Waals surface area contributed by atoms with Crippen LogP contribution in [0.4, 0.5) is 0 Å². The Labute approximate surface area is 103 Å². The Morgan fingerprint density at radius 3 is 1.88 bits per heavy atom. The van der Waals surface area contributed by atoms with Gasteiger partial charge in [-0.2, -0.15) is 0 Å². The molecule has 0 fully saturated rings. The molecule has 0 amide bonds. The molecule has 0 bridgehead atoms. The molecular formula is C14H24OSi. The van der Waals surface area contributed by atoms with Crippen LogP contribution in [0.1, 0.15) is 46.1 Å². The lowest BCUT2D eigenvalue weighted by Gasteiger charge is -2.42. The van der Waals surface area contributed by atoms with Gasteiger partial charge in [0.05, 0.1) is 5.60 Å². The van der Waals surface area contributed by atoms with Crippen molar-refractivity contribution in [1.82, 2.24) is 0 Å². The Morgan fingerprint density at radius 1 is 1.00 bits per heavy atom. The van der Waals surface area contributed by atoms with Crippen LogP contribution in [0.3, 0.4) is 0 Å². The van der Waals surface area contributed by atoms with Crippen molar-refractivity contribution in [2.45, 2.75) is 46.1 Å². The molecule has 1 aromatic rings. The summed E-state index contributed by atoms with van der Waals surface area (Å²) in [6.07, 6.45) is 0. The standard InChI is InChI=1S/C14H24OSi/c1-13(2,3)12(14(4,5)15-16)11-9-7-6-8-10-11/h6-10,12H,1-5,16H3. The van der Waals surface area contributed by atoms with Gasteiger partial charge in [0.1, 0.15) is 10.5 Å². The van der Waals surface area contributed by atoms with Gasteiger partial charge in [0.2, 0.25) is 0 Å². The molecule has 1 atom stereocenters. The van der Waals surface area contributed by atoms with Crippen molar-refractivity contribution in [1.29, 1.82) is 0 Å². The van der Waals surface area contributed by atoms with Gasteiger partial charge in [-0.15, -0.1) is 0 Å². The van der Waals surface area contributed by atoms with Crippen molar-refractivity contribution in [3.05, 3.63) is 35.9 Å². The van der Waals surface area contributed by atoms with Crippen LogP contribution in [0.2, 0.25) is 0 Å². The maximum atomic E-state index is 5.82. The first-order valence-corrected chi connectivity index (χ1v) is 6.71. The fourth-order valence-electron chi connectivity index (χ4n) is 2.71. The van der Waals surface area contributed by atoms with Crippen LogP contribution in [-0.2, 0) is 4.43 Å². The predicted octanol–water partition coefficient (Wildman–Crippen LogP) is 2.89. The molecule has 0 radical (unpaired) electrons. The van der Waals surface area contributed by atoms with Crippen LogP contribution in [0.15, 0.2) is 30.3 Å². The molecule has 90 valence electrons. The lowest BCUT2D eigenvalue weighted by atomic mass is 9.68. The molecule has 0 heterocycles. The SMILES string of the molecule is CC(C)(C)C(c1ccccc1)C(C)(C)O[SiH3]. The highest BCUT2D eigenvalue weighted by molar-refractivity contribution is 5.98. The summed E-state index contributed by atoms with van der Waals surface area (Å²) in [5, 5.41) is 0. The summed E-state index contributed by atoms with van der Waals surface area (Å²) >= 11 is 0. The average molecular weight is 236 g/mol. The Morgan fingerprint density at radius 2 is 1.50 bits per heavy atom. The summed E-state index contributed by atoms with van der Waals surface area (Å²) < 4.78 is 5.82. The molecule has 0 aliphatic rings. The zero-order chi connectivity index (χ0) is 12.4. The summed E-state index contributed by atoms with van der Waals surface area (Å²) in [5.41, 5.74) is 1.48. The summed E-state index contributed by atoms with van der Waals surface area (Å²) in [5.74, 6) is 0.415. The zero-order valence-corrected chi connectivity index (χ0v) is 13.4. The molecule has 0 saturated heterocycles. The normalized spacial score (nSPS) is 15.1. The third kappa shape index (κ3) is 2.95. The second-order valence-electron chi connectivity index (χ2n) is 6.02. The van der Waals surface area contributed by atoms with Crippen LogP contribution in [0.25, 0.3) is 0 Å². The van der Waals surface area contributed by atoms with Gasteiger partial charge in [0.25, 0.3) is 0 Å². The van der Waals surface area contributed by atoms with Crippen molar-refractivity contribution in [2.75, 3.05) is 0 Å². The second-order valence-corrected chi connectivity index (χ2v) is 6.43. The number of rotatable bonds is 3. The highest BCUT2D eigenvalue weighted by atomic mass is 28.2. The highest BCUT2D eigenvalue weighted by Crippen LogP contribution is 2.43. The van der Waals surface area contributed by atoms with Gasteiger partial charge >= 0.3 is 0 Å². The lowest BCUT2D eigenvalue weighted by Crippen LogP contribution is -2.39. The Bertz CT molecular complexity index is 324.